The van der Waals surface area contributed by atoms with Gasteiger partial charge in [0.2, 0.25) is 0 Å². The highest BCUT2D eigenvalue weighted by Gasteiger charge is 2.27. The van der Waals surface area contributed by atoms with Crippen LogP contribution in [0.5, 0.6) is 0 Å². The summed E-state index contributed by atoms with van der Waals surface area (Å²) in [6.07, 6.45) is 10.6. The Kier molecular flexibility index (Phi) is 12.8. The van der Waals surface area contributed by atoms with Crippen LogP contribution in [0.4, 0.5) is 5.69 Å². The third kappa shape index (κ3) is 9.65. The summed E-state index contributed by atoms with van der Waals surface area (Å²) in [5, 5.41) is 32.6. The third-order valence-corrected chi connectivity index (χ3v) is 10.8. The Balaban J connectivity index is 0.000000145. The highest BCUT2D eigenvalue weighted by Crippen LogP contribution is 2.39. The number of carbonyl (C=O) groups is 2. The minimum absolute atomic E-state index is 0.00179. The number of aromatic amines is 3. The molecule has 0 bridgehead atoms. The van der Waals surface area contributed by atoms with E-state index in [9.17, 15) is 19.7 Å². The maximum Gasteiger partial charge on any atom is 0.320 e. The van der Waals surface area contributed by atoms with Crippen molar-refractivity contribution in [1.82, 2.24) is 29.9 Å². The van der Waals surface area contributed by atoms with Crippen molar-refractivity contribution >= 4 is 50.3 Å². The summed E-state index contributed by atoms with van der Waals surface area (Å²) >= 11 is 0. The fourth-order valence-electron chi connectivity index (χ4n) is 7.66. The minimum Gasteiger partial charge on any atom is -0.480 e. The molecule has 0 radical (unpaired) electrons. The number of aryl methyl sites for hydroxylation is 3. The van der Waals surface area contributed by atoms with Crippen LogP contribution >= 0.6 is 0 Å². The predicted molar refractivity (Wildman–Crippen MR) is 244 cm³/mol. The number of nitro groups is 1. The van der Waals surface area contributed by atoms with Gasteiger partial charge in [-0.25, -0.2) is 0 Å². The van der Waals surface area contributed by atoms with E-state index in [1.807, 2.05) is 55.7 Å². The number of rotatable bonds is 10. The van der Waals surface area contributed by atoms with E-state index in [-0.39, 0.29) is 12.1 Å². The number of carboxylic acids is 2. The van der Waals surface area contributed by atoms with Crippen molar-refractivity contribution in [1.29, 1.82) is 0 Å². The molecule has 0 saturated heterocycles. The molecule has 6 heterocycles. The Morgan fingerprint density at radius 3 is 1.63 bits per heavy atom. The fourth-order valence-corrected chi connectivity index (χ4v) is 7.66. The van der Waals surface area contributed by atoms with Crippen molar-refractivity contribution in [3.8, 4) is 33.4 Å². The van der Waals surface area contributed by atoms with E-state index in [1.165, 1.54) is 27.7 Å². The van der Waals surface area contributed by atoms with E-state index in [4.69, 9.17) is 21.7 Å². The van der Waals surface area contributed by atoms with Gasteiger partial charge in [-0.2, -0.15) is 0 Å². The Morgan fingerprint density at radius 2 is 1.08 bits per heavy atom. The molecule has 0 fully saturated rings. The van der Waals surface area contributed by atoms with Gasteiger partial charge in [0.25, 0.3) is 5.69 Å². The average Bonchev–Trinajstić information content (AvgIpc) is 3.93. The number of hydrogen-bond donors (Lipinski definition) is 7. The summed E-state index contributed by atoms with van der Waals surface area (Å²) in [6, 6.07) is 27.5. The van der Waals surface area contributed by atoms with Crippen molar-refractivity contribution in [3.05, 3.63) is 166 Å². The molecule has 0 aliphatic heterocycles. The molecule has 0 amide bonds. The van der Waals surface area contributed by atoms with E-state index >= 15 is 0 Å². The SMILES string of the molecule is Cc1[nH]c2ccc(-c3ccncc3)c([N+](=O)[O-])c2c1CC(N)C(=O)O.Cc1[nH]c2ccc(-c3ccncc3)cc2c1CC(N)C(=O)O.Cc1cc2cc(-c3ccncc3)ccc2[nH]1. The zero-order valence-corrected chi connectivity index (χ0v) is 34.7. The Hall–Kier alpha value is -8.01. The smallest absolute Gasteiger partial charge is 0.320 e. The summed E-state index contributed by atoms with van der Waals surface area (Å²) in [7, 11) is 0. The second-order valence-electron chi connectivity index (χ2n) is 15.1. The van der Waals surface area contributed by atoms with Crippen LogP contribution in [0.15, 0.2) is 128 Å². The van der Waals surface area contributed by atoms with Crippen LogP contribution in [-0.4, -0.2) is 69.1 Å². The second-order valence-corrected chi connectivity index (χ2v) is 15.1. The lowest BCUT2D eigenvalue weighted by Crippen LogP contribution is -2.32. The maximum absolute atomic E-state index is 11.8. The van der Waals surface area contributed by atoms with Crippen LogP contribution in [0.1, 0.15) is 28.2 Å². The lowest BCUT2D eigenvalue weighted by Gasteiger charge is -2.09. The fraction of sp³-hybridized carbons (Fsp3) is 0.146. The molecule has 9 N–H and O–H groups in total. The predicted octanol–water partition coefficient (Wildman–Crippen LogP) is 8.43. The van der Waals surface area contributed by atoms with E-state index < -0.39 is 28.9 Å². The largest absolute Gasteiger partial charge is 0.480 e. The van der Waals surface area contributed by atoms with Gasteiger partial charge >= 0.3 is 11.9 Å². The molecule has 9 aromatic rings. The van der Waals surface area contributed by atoms with Crippen LogP contribution < -0.4 is 11.5 Å². The molecular formula is C48H45N9O6. The quantitative estimate of drug-likeness (QED) is 0.0508. The van der Waals surface area contributed by atoms with Gasteiger partial charge < -0.3 is 36.6 Å². The molecule has 15 nitrogen and oxygen atoms in total. The number of pyridine rings is 3. The third-order valence-electron chi connectivity index (χ3n) is 10.8. The summed E-state index contributed by atoms with van der Waals surface area (Å²) in [4.78, 5) is 55.2. The highest BCUT2D eigenvalue weighted by atomic mass is 16.6. The van der Waals surface area contributed by atoms with E-state index in [1.54, 1.807) is 56.0 Å². The molecule has 0 saturated carbocycles. The first-order valence-corrected chi connectivity index (χ1v) is 20.0. The molecule has 0 aliphatic carbocycles. The molecule has 0 aliphatic rings. The number of aromatic nitrogens is 6. The summed E-state index contributed by atoms with van der Waals surface area (Å²) in [5.74, 6) is -2.14. The van der Waals surface area contributed by atoms with Crippen LogP contribution in [0.25, 0.3) is 66.1 Å². The topological polar surface area (TPSA) is 256 Å². The van der Waals surface area contributed by atoms with Crippen molar-refractivity contribution in [2.45, 2.75) is 45.7 Å². The number of nitrogens with zero attached hydrogens (tertiary/aromatic N) is 4. The normalized spacial score (nSPS) is 12.0. The Morgan fingerprint density at radius 1 is 0.603 bits per heavy atom. The number of nitro benzene ring substituents is 1. The summed E-state index contributed by atoms with van der Waals surface area (Å²) < 4.78 is 0. The second kappa shape index (κ2) is 18.7. The zero-order chi connectivity index (χ0) is 44.8. The maximum atomic E-state index is 11.8. The monoisotopic (exact) mass is 843 g/mol. The van der Waals surface area contributed by atoms with Crippen molar-refractivity contribution < 1.29 is 24.7 Å². The van der Waals surface area contributed by atoms with Gasteiger partial charge in [-0.3, -0.25) is 34.7 Å². The first kappa shape index (κ1) is 43.1. The Bertz CT molecular complexity index is 3070. The number of fused-ring (bicyclic) bond motifs is 3. The van der Waals surface area contributed by atoms with Gasteiger partial charge in [0.15, 0.2) is 0 Å². The lowest BCUT2D eigenvalue weighted by atomic mass is 9.97. The van der Waals surface area contributed by atoms with Crippen molar-refractivity contribution in [2.24, 2.45) is 11.5 Å². The number of hydrogen-bond acceptors (Lipinski definition) is 9. The van der Waals surface area contributed by atoms with E-state index in [2.05, 4.69) is 67.2 Å². The Labute approximate surface area is 361 Å². The number of H-pyrrole nitrogens is 3. The standard InChI is InChI=1S/C17H16N4O4.C17H17N3O2.C14H12N2/c1-9-12(8-13(18)17(22)23)15-14(20-9)3-2-11(16(15)21(24)25)10-4-6-19-7-5-10;1-10-13(9-15(18)17(21)22)14-8-12(2-3-16(14)20-10)11-4-6-19-7-5-11;1-10-8-13-9-12(2-3-14(13)16-10)11-4-6-15-7-5-11/h2-7,13,20H,8,18H2,1H3,(H,22,23);2-8,15,20H,9,18H2,1H3,(H,21,22);2-9,16H,1H3. The number of benzene rings is 3. The van der Waals surface area contributed by atoms with Crippen LogP contribution in [0, 0.1) is 30.9 Å². The van der Waals surface area contributed by atoms with Crippen LogP contribution in [-0.2, 0) is 22.4 Å². The first-order valence-electron chi connectivity index (χ1n) is 20.0. The molecule has 2 unspecified atom stereocenters. The van der Waals surface area contributed by atoms with Gasteiger partial charge in [0.1, 0.15) is 12.1 Å². The highest BCUT2D eigenvalue weighted by molar-refractivity contribution is 6.00. The molecule has 9 rings (SSSR count). The minimum atomic E-state index is -1.15. The van der Waals surface area contributed by atoms with Gasteiger partial charge in [0.05, 0.1) is 21.4 Å². The molecule has 318 valence electrons. The first-order chi connectivity index (χ1) is 30.3. The van der Waals surface area contributed by atoms with Gasteiger partial charge in [-0.05, 0) is 139 Å². The number of aliphatic carboxylic acids is 2. The van der Waals surface area contributed by atoms with E-state index in [0.29, 0.717) is 39.7 Å². The van der Waals surface area contributed by atoms with Gasteiger partial charge in [0, 0.05) is 88.9 Å². The average molecular weight is 844 g/mol. The molecule has 3 aromatic carbocycles. The number of nitrogens with one attached hydrogen (secondary N) is 3. The van der Waals surface area contributed by atoms with Crippen LogP contribution in [0.3, 0.4) is 0 Å². The number of carboxylic acid groups (broad SMARTS) is 2. The molecule has 6 aromatic heterocycles. The van der Waals surface area contributed by atoms with E-state index in [0.717, 1.165) is 33.3 Å². The molecule has 2 atom stereocenters. The van der Waals surface area contributed by atoms with Crippen molar-refractivity contribution in [3.63, 3.8) is 0 Å². The molecular weight excluding hydrogens is 799 g/mol. The zero-order valence-electron chi connectivity index (χ0n) is 34.7. The number of nitrogens with two attached hydrogens (primary N) is 2. The molecule has 15 heteroatoms. The van der Waals surface area contributed by atoms with Crippen molar-refractivity contribution in [2.75, 3.05) is 0 Å². The van der Waals surface area contributed by atoms with Crippen LogP contribution in [0.2, 0.25) is 0 Å². The lowest BCUT2D eigenvalue weighted by molar-refractivity contribution is -0.382. The molecule has 0 spiro atoms. The summed E-state index contributed by atoms with van der Waals surface area (Å²) in [5.41, 5.74) is 24.1. The van der Waals surface area contributed by atoms with Gasteiger partial charge in [-0.1, -0.05) is 12.1 Å². The summed E-state index contributed by atoms with van der Waals surface area (Å²) in [6.45, 7) is 5.77. The molecule has 63 heavy (non-hydrogen) atoms. The van der Waals surface area contributed by atoms with Gasteiger partial charge in [-0.15, -0.1) is 0 Å².